The van der Waals surface area contributed by atoms with Crippen molar-refractivity contribution in [2.45, 2.75) is 13.8 Å². The van der Waals surface area contributed by atoms with Crippen LogP contribution in [-0.4, -0.2) is 38.9 Å². The number of allylic oxidation sites excluding steroid dienone is 14. The molecule has 0 aliphatic rings. The fourth-order valence-corrected chi connectivity index (χ4v) is 3.22. The lowest BCUT2D eigenvalue weighted by Crippen LogP contribution is -1.87. The number of hydrogen-bond acceptors (Lipinski definition) is 6. The summed E-state index contributed by atoms with van der Waals surface area (Å²) in [5.41, 5.74) is 3.24. The summed E-state index contributed by atoms with van der Waals surface area (Å²) in [6, 6.07) is 10.5. The van der Waals surface area contributed by atoms with Crippen molar-refractivity contribution in [2.75, 3.05) is 21.3 Å². The average molecular weight is 525 g/mol. The van der Waals surface area contributed by atoms with Crippen LogP contribution in [0.2, 0.25) is 0 Å². The van der Waals surface area contributed by atoms with E-state index in [2.05, 4.69) is 9.98 Å². The summed E-state index contributed by atoms with van der Waals surface area (Å²) in [5, 5.41) is 10.0. The monoisotopic (exact) mass is 524 g/mol. The maximum Gasteiger partial charge on any atom is 0.148 e. The second-order valence-corrected chi connectivity index (χ2v) is 7.89. The van der Waals surface area contributed by atoms with Crippen molar-refractivity contribution < 1.29 is 19.3 Å². The van der Waals surface area contributed by atoms with Crippen molar-refractivity contribution in [1.29, 1.82) is 0 Å². The maximum absolute atomic E-state index is 10.0. The Labute approximate surface area is 231 Å². The van der Waals surface area contributed by atoms with E-state index < -0.39 is 0 Å². The Morgan fingerprint density at radius 1 is 0.641 bits per heavy atom. The SMILES string of the molecule is C\C=C/C(/C=C/C(/C=C\C)=C/C=C/C=Nc1ccc(OC)cc1OC)=C\C=C\C=Nc1ccc(OC)cc1O. The van der Waals surface area contributed by atoms with Crippen LogP contribution in [0.15, 0.2) is 130 Å². The molecule has 6 heteroatoms. The minimum Gasteiger partial charge on any atom is -0.506 e. The first-order chi connectivity index (χ1) is 19.0. The van der Waals surface area contributed by atoms with Gasteiger partial charge in [0, 0.05) is 24.6 Å². The smallest absolute Gasteiger partial charge is 0.148 e. The molecule has 0 aromatic heterocycles. The van der Waals surface area contributed by atoms with Crippen LogP contribution in [0.25, 0.3) is 0 Å². The van der Waals surface area contributed by atoms with Gasteiger partial charge in [-0.25, -0.2) is 0 Å². The van der Waals surface area contributed by atoms with Gasteiger partial charge in [0.2, 0.25) is 0 Å². The number of aliphatic imine (C=N–C) groups is 2. The predicted octanol–water partition coefficient (Wildman–Crippen LogP) is 8.20. The first-order valence-electron chi connectivity index (χ1n) is 12.4. The number of hydrogen-bond donors (Lipinski definition) is 1. The molecule has 0 radical (unpaired) electrons. The molecule has 39 heavy (non-hydrogen) atoms. The predicted molar refractivity (Wildman–Crippen MR) is 164 cm³/mol. The molecule has 0 unspecified atom stereocenters. The molecule has 202 valence electrons. The second-order valence-electron chi connectivity index (χ2n) is 7.89. The number of nitrogens with zero attached hydrogens (tertiary/aromatic N) is 2. The van der Waals surface area contributed by atoms with Crippen LogP contribution in [0.1, 0.15) is 13.8 Å². The van der Waals surface area contributed by atoms with E-state index in [1.807, 2.05) is 98.9 Å². The molecular weight excluding hydrogens is 488 g/mol. The largest absolute Gasteiger partial charge is 0.506 e. The van der Waals surface area contributed by atoms with Crippen molar-refractivity contribution in [2.24, 2.45) is 9.98 Å². The van der Waals surface area contributed by atoms with E-state index in [0.717, 1.165) is 22.6 Å². The number of benzene rings is 2. The molecule has 0 heterocycles. The second kappa shape index (κ2) is 17.6. The standard InChI is InChI=1S/C33H36N2O4/c1-6-12-26(14-8-10-22-34-30-20-18-28(37-3)24-32(30)36)16-17-27(13-7-2)15-9-11-23-35-31-21-19-29(38-4)25-33(31)39-5/h6-25,36H,1-5H3/b10-8+,11-9+,12-6-,13-7-,17-16+,26-14+,27-15+,34-22?,35-23?. The first-order valence-corrected chi connectivity index (χ1v) is 12.4. The molecule has 2 aromatic carbocycles. The van der Waals surface area contributed by atoms with E-state index in [0.29, 0.717) is 17.2 Å². The topological polar surface area (TPSA) is 72.6 Å². The maximum atomic E-state index is 10.0. The molecule has 6 nitrogen and oxygen atoms in total. The summed E-state index contributed by atoms with van der Waals surface area (Å²) in [6.07, 6.45) is 26.9. The summed E-state index contributed by atoms with van der Waals surface area (Å²) in [5.74, 6) is 2.01. The van der Waals surface area contributed by atoms with E-state index in [-0.39, 0.29) is 5.75 Å². The Kier molecular flexibility index (Phi) is 13.7. The van der Waals surface area contributed by atoms with Crippen molar-refractivity contribution >= 4 is 23.8 Å². The molecule has 0 fully saturated rings. The Morgan fingerprint density at radius 2 is 1.15 bits per heavy atom. The van der Waals surface area contributed by atoms with Gasteiger partial charge in [-0.3, -0.25) is 9.98 Å². The van der Waals surface area contributed by atoms with Crippen molar-refractivity contribution in [1.82, 2.24) is 0 Å². The first kappa shape index (κ1) is 30.4. The molecule has 2 aromatic rings. The quantitative estimate of drug-likeness (QED) is 0.212. The third-order valence-corrected chi connectivity index (χ3v) is 5.15. The van der Waals surface area contributed by atoms with Crippen LogP contribution in [0.5, 0.6) is 23.0 Å². The third kappa shape index (κ3) is 11.0. The van der Waals surface area contributed by atoms with Gasteiger partial charge in [-0.15, -0.1) is 0 Å². The van der Waals surface area contributed by atoms with Crippen LogP contribution >= 0.6 is 0 Å². The zero-order chi connectivity index (χ0) is 28.3. The lowest BCUT2D eigenvalue weighted by Gasteiger charge is -2.06. The number of phenolic OH excluding ortho intramolecular Hbond substituents is 1. The van der Waals surface area contributed by atoms with Crippen LogP contribution in [0.4, 0.5) is 11.4 Å². The van der Waals surface area contributed by atoms with E-state index in [1.165, 1.54) is 6.07 Å². The van der Waals surface area contributed by atoms with Crippen LogP contribution < -0.4 is 14.2 Å². The molecule has 0 aliphatic heterocycles. The Hall–Kier alpha value is -4.84. The van der Waals surface area contributed by atoms with Gasteiger partial charge >= 0.3 is 0 Å². The average Bonchev–Trinajstić information content (AvgIpc) is 2.95. The molecule has 1 N–H and O–H groups in total. The van der Waals surface area contributed by atoms with Crippen LogP contribution in [-0.2, 0) is 0 Å². The van der Waals surface area contributed by atoms with Crippen molar-refractivity contribution in [3.8, 4) is 23.0 Å². The highest BCUT2D eigenvalue weighted by Crippen LogP contribution is 2.31. The summed E-state index contributed by atoms with van der Waals surface area (Å²) >= 11 is 0. The van der Waals surface area contributed by atoms with Gasteiger partial charge in [-0.1, -0.05) is 60.8 Å². The molecule has 0 atom stereocenters. The van der Waals surface area contributed by atoms with Gasteiger partial charge in [0.1, 0.15) is 34.4 Å². The van der Waals surface area contributed by atoms with Crippen molar-refractivity contribution in [3.05, 3.63) is 120 Å². The lowest BCUT2D eigenvalue weighted by atomic mass is 10.1. The number of methoxy groups -OCH3 is 3. The van der Waals surface area contributed by atoms with Gasteiger partial charge in [0.25, 0.3) is 0 Å². The minimum atomic E-state index is 0.0659. The zero-order valence-electron chi connectivity index (χ0n) is 23.1. The van der Waals surface area contributed by atoms with Gasteiger partial charge in [-0.05, 0) is 61.4 Å². The molecule has 0 bridgehead atoms. The third-order valence-electron chi connectivity index (χ3n) is 5.15. The minimum absolute atomic E-state index is 0.0659. The normalized spacial score (nSPS) is 13.5. The molecule has 0 saturated carbocycles. The van der Waals surface area contributed by atoms with Gasteiger partial charge in [0.15, 0.2) is 0 Å². The molecule has 0 saturated heterocycles. The number of phenols is 1. The van der Waals surface area contributed by atoms with Crippen LogP contribution in [0.3, 0.4) is 0 Å². The van der Waals surface area contributed by atoms with E-state index in [9.17, 15) is 5.11 Å². The van der Waals surface area contributed by atoms with Crippen molar-refractivity contribution in [3.63, 3.8) is 0 Å². The molecule has 0 amide bonds. The number of rotatable bonds is 13. The molecule has 0 spiro atoms. The highest BCUT2D eigenvalue weighted by atomic mass is 16.5. The number of ether oxygens (including phenoxy) is 3. The Morgan fingerprint density at radius 3 is 1.64 bits per heavy atom. The Balaban J connectivity index is 2.08. The summed E-state index contributed by atoms with van der Waals surface area (Å²) in [4.78, 5) is 8.74. The highest BCUT2D eigenvalue weighted by molar-refractivity contribution is 5.77. The van der Waals surface area contributed by atoms with Gasteiger partial charge in [-0.2, -0.15) is 0 Å². The fourth-order valence-electron chi connectivity index (χ4n) is 3.22. The van der Waals surface area contributed by atoms with Crippen LogP contribution in [0, 0.1) is 0 Å². The van der Waals surface area contributed by atoms with E-state index in [1.54, 1.807) is 52.0 Å². The van der Waals surface area contributed by atoms with E-state index >= 15 is 0 Å². The molecular formula is C33H36N2O4. The van der Waals surface area contributed by atoms with Gasteiger partial charge in [0.05, 0.1) is 21.3 Å². The summed E-state index contributed by atoms with van der Waals surface area (Å²) in [7, 11) is 4.77. The zero-order valence-corrected chi connectivity index (χ0v) is 23.1. The Bertz CT molecular complexity index is 1340. The fraction of sp³-hybridized carbons (Fsp3) is 0.152. The summed E-state index contributed by atoms with van der Waals surface area (Å²) in [6.45, 7) is 3.95. The van der Waals surface area contributed by atoms with E-state index in [4.69, 9.17) is 14.2 Å². The number of aromatic hydroxyl groups is 1. The molecule has 0 aliphatic carbocycles. The highest BCUT2D eigenvalue weighted by Gasteiger charge is 2.02. The summed E-state index contributed by atoms with van der Waals surface area (Å²) < 4.78 is 15.7. The van der Waals surface area contributed by atoms with Gasteiger partial charge < -0.3 is 19.3 Å². The molecule has 2 rings (SSSR count). The lowest BCUT2D eigenvalue weighted by molar-refractivity contribution is 0.395.